The van der Waals surface area contributed by atoms with Crippen LogP contribution in [0.2, 0.25) is 0 Å². The van der Waals surface area contributed by atoms with Gasteiger partial charge in [0.2, 0.25) is 0 Å². The third kappa shape index (κ3) is 2.74. The van der Waals surface area contributed by atoms with Crippen LogP contribution >= 0.6 is 0 Å². The molecule has 0 unspecified atom stereocenters. The SMILES string of the molecule is CCOC(=O)CCn1cc2c(c1C#N)CC1(CC2)OCCO1. The van der Waals surface area contributed by atoms with Gasteiger partial charge in [0.05, 0.1) is 26.2 Å². The Labute approximate surface area is 129 Å². The molecular weight excluding hydrogens is 284 g/mol. The smallest absolute Gasteiger partial charge is 0.307 e. The van der Waals surface area contributed by atoms with Crippen molar-refractivity contribution < 1.29 is 19.0 Å². The van der Waals surface area contributed by atoms with Crippen LogP contribution in [0.4, 0.5) is 0 Å². The second kappa shape index (κ2) is 6.11. The van der Waals surface area contributed by atoms with Crippen molar-refractivity contribution in [3.8, 4) is 6.07 Å². The predicted molar refractivity (Wildman–Crippen MR) is 77.1 cm³/mol. The number of ether oxygens (including phenoxy) is 3. The van der Waals surface area contributed by atoms with Crippen molar-refractivity contribution in [2.24, 2.45) is 0 Å². The molecule has 1 aliphatic carbocycles. The molecule has 2 heterocycles. The standard InChI is InChI=1S/C16H20N2O4/c1-2-20-15(19)4-6-18-11-12-3-5-16(21-7-8-22-16)9-13(12)14(18)10-17/h11H,2-9H2,1H3. The number of rotatable bonds is 4. The number of aryl methyl sites for hydroxylation is 2. The van der Waals surface area contributed by atoms with E-state index in [9.17, 15) is 10.1 Å². The van der Waals surface area contributed by atoms with E-state index in [-0.39, 0.29) is 12.4 Å². The molecular formula is C16H20N2O4. The van der Waals surface area contributed by atoms with E-state index in [1.807, 2.05) is 10.8 Å². The summed E-state index contributed by atoms with van der Waals surface area (Å²) in [6.45, 7) is 3.85. The van der Waals surface area contributed by atoms with Gasteiger partial charge >= 0.3 is 5.97 Å². The maximum atomic E-state index is 11.5. The Morgan fingerprint density at radius 2 is 2.27 bits per heavy atom. The minimum atomic E-state index is -0.550. The first-order chi connectivity index (χ1) is 10.7. The highest BCUT2D eigenvalue weighted by molar-refractivity contribution is 5.69. The fourth-order valence-electron chi connectivity index (χ4n) is 3.25. The summed E-state index contributed by atoms with van der Waals surface area (Å²) in [5.74, 6) is -0.789. The number of hydrogen-bond donors (Lipinski definition) is 0. The number of carbonyl (C=O) groups excluding carboxylic acids is 1. The van der Waals surface area contributed by atoms with Gasteiger partial charge in [-0.05, 0) is 24.5 Å². The third-order valence-corrected chi connectivity index (χ3v) is 4.28. The van der Waals surface area contributed by atoms with Crippen LogP contribution < -0.4 is 0 Å². The number of nitriles is 1. The van der Waals surface area contributed by atoms with Crippen LogP contribution in [-0.2, 0) is 38.4 Å². The number of aromatic nitrogens is 1. The van der Waals surface area contributed by atoms with Crippen molar-refractivity contribution in [2.75, 3.05) is 19.8 Å². The zero-order chi connectivity index (χ0) is 15.6. The molecule has 1 aromatic heterocycles. The highest BCUT2D eigenvalue weighted by Crippen LogP contribution is 2.37. The molecule has 0 aromatic carbocycles. The molecule has 0 radical (unpaired) electrons. The molecule has 22 heavy (non-hydrogen) atoms. The summed E-state index contributed by atoms with van der Waals surface area (Å²) < 4.78 is 18.3. The summed E-state index contributed by atoms with van der Waals surface area (Å²) in [6, 6.07) is 2.27. The summed E-state index contributed by atoms with van der Waals surface area (Å²) >= 11 is 0. The maximum absolute atomic E-state index is 11.5. The molecule has 0 N–H and O–H groups in total. The van der Waals surface area contributed by atoms with Crippen LogP contribution in [0.1, 0.15) is 36.6 Å². The van der Waals surface area contributed by atoms with Crippen LogP contribution in [0.5, 0.6) is 0 Å². The van der Waals surface area contributed by atoms with Gasteiger partial charge in [-0.2, -0.15) is 5.26 Å². The monoisotopic (exact) mass is 304 g/mol. The molecule has 0 bridgehead atoms. The highest BCUT2D eigenvalue weighted by Gasteiger charge is 2.41. The van der Waals surface area contributed by atoms with Gasteiger partial charge in [-0.1, -0.05) is 0 Å². The molecule has 1 aromatic rings. The Kier molecular flexibility index (Phi) is 4.19. The maximum Gasteiger partial charge on any atom is 0.307 e. The van der Waals surface area contributed by atoms with Crippen molar-refractivity contribution in [1.82, 2.24) is 4.57 Å². The van der Waals surface area contributed by atoms with E-state index >= 15 is 0 Å². The second-order valence-corrected chi connectivity index (χ2v) is 5.63. The fraction of sp³-hybridized carbons (Fsp3) is 0.625. The lowest BCUT2D eigenvalue weighted by Crippen LogP contribution is -2.36. The summed E-state index contributed by atoms with van der Waals surface area (Å²) in [5, 5.41) is 9.49. The molecule has 0 atom stereocenters. The fourth-order valence-corrected chi connectivity index (χ4v) is 3.25. The first-order valence-electron chi connectivity index (χ1n) is 7.72. The van der Waals surface area contributed by atoms with Gasteiger partial charge in [-0.15, -0.1) is 0 Å². The summed E-state index contributed by atoms with van der Waals surface area (Å²) in [5.41, 5.74) is 2.77. The summed E-state index contributed by atoms with van der Waals surface area (Å²) in [4.78, 5) is 11.5. The van der Waals surface area contributed by atoms with E-state index < -0.39 is 5.79 Å². The number of nitrogens with zero attached hydrogens (tertiary/aromatic N) is 2. The van der Waals surface area contributed by atoms with Crippen molar-refractivity contribution in [2.45, 2.75) is 44.9 Å². The average Bonchev–Trinajstić information content (AvgIpc) is 3.10. The van der Waals surface area contributed by atoms with Gasteiger partial charge in [0.1, 0.15) is 11.8 Å². The average molecular weight is 304 g/mol. The van der Waals surface area contributed by atoms with Crippen molar-refractivity contribution in [1.29, 1.82) is 5.26 Å². The first kappa shape index (κ1) is 15.1. The number of fused-ring (bicyclic) bond motifs is 1. The molecule has 1 saturated heterocycles. The molecule has 3 rings (SSSR count). The van der Waals surface area contributed by atoms with Crippen molar-refractivity contribution >= 4 is 5.97 Å². The number of esters is 1. The lowest BCUT2D eigenvalue weighted by atomic mass is 9.89. The van der Waals surface area contributed by atoms with Crippen LogP contribution in [-0.4, -0.2) is 36.1 Å². The quantitative estimate of drug-likeness (QED) is 0.789. The van der Waals surface area contributed by atoms with Gasteiger partial charge in [0.25, 0.3) is 0 Å². The Balaban J connectivity index is 1.78. The Bertz CT molecular complexity index is 608. The highest BCUT2D eigenvalue weighted by atomic mass is 16.7. The lowest BCUT2D eigenvalue weighted by molar-refractivity contribution is -0.163. The van der Waals surface area contributed by atoms with Gasteiger partial charge in [-0.25, -0.2) is 0 Å². The minimum absolute atomic E-state index is 0.239. The van der Waals surface area contributed by atoms with Crippen LogP contribution in [0.3, 0.4) is 0 Å². The molecule has 6 nitrogen and oxygen atoms in total. The van der Waals surface area contributed by atoms with Gasteiger partial charge in [0, 0.05) is 25.6 Å². The van der Waals surface area contributed by atoms with Crippen LogP contribution in [0.25, 0.3) is 0 Å². The predicted octanol–water partition coefficient (Wildman–Crippen LogP) is 1.54. The molecule has 1 aliphatic heterocycles. The summed E-state index contributed by atoms with van der Waals surface area (Å²) in [7, 11) is 0. The van der Waals surface area contributed by atoms with E-state index in [2.05, 4.69) is 6.07 Å². The Morgan fingerprint density at radius 3 is 2.95 bits per heavy atom. The molecule has 1 fully saturated rings. The third-order valence-electron chi connectivity index (χ3n) is 4.28. The topological polar surface area (TPSA) is 73.5 Å². The Morgan fingerprint density at radius 1 is 1.50 bits per heavy atom. The molecule has 1 spiro atoms. The van der Waals surface area contributed by atoms with E-state index in [4.69, 9.17) is 14.2 Å². The van der Waals surface area contributed by atoms with E-state index in [1.165, 1.54) is 0 Å². The number of carbonyl (C=O) groups is 1. The Hall–Kier alpha value is -1.84. The normalized spacial score (nSPS) is 18.9. The zero-order valence-electron chi connectivity index (χ0n) is 12.8. The zero-order valence-corrected chi connectivity index (χ0v) is 12.8. The van der Waals surface area contributed by atoms with E-state index in [0.717, 1.165) is 24.0 Å². The molecule has 0 saturated carbocycles. The minimum Gasteiger partial charge on any atom is -0.466 e. The second-order valence-electron chi connectivity index (χ2n) is 5.63. The van der Waals surface area contributed by atoms with Gasteiger partial charge in [-0.3, -0.25) is 4.79 Å². The van der Waals surface area contributed by atoms with Crippen molar-refractivity contribution in [3.05, 3.63) is 23.0 Å². The molecule has 2 aliphatic rings. The molecule has 6 heteroatoms. The number of hydrogen-bond acceptors (Lipinski definition) is 5. The van der Waals surface area contributed by atoms with Crippen LogP contribution in [0.15, 0.2) is 6.20 Å². The van der Waals surface area contributed by atoms with Gasteiger partial charge < -0.3 is 18.8 Å². The molecule has 118 valence electrons. The van der Waals surface area contributed by atoms with E-state index in [1.54, 1.807) is 6.92 Å². The van der Waals surface area contributed by atoms with Crippen molar-refractivity contribution in [3.63, 3.8) is 0 Å². The molecule has 0 amide bonds. The largest absolute Gasteiger partial charge is 0.466 e. The van der Waals surface area contributed by atoms with Crippen LogP contribution in [0, 0.1) is 11.3 Å². The first-order valence-corrected chi connectivity index (χ1v) is 7.72. The summed E-state index contributed by atoms with van der Waals surface area (Å²) in [6.07, 6.45) is 4.50. The van der Waals surface area contributed by atoms with Gasteiger partial charge in [0.15, 0.2) is 5.79 Å². The van der Waals surface area contributed by atoms with E-state index in [0.29, 0.717) is 38.5 Å². The lowest BCUT2D eigenvalue weighted by Gasteiger charge is -2.31.